The van der Waals surface area contributed by atoms with E-state index in [1.54, 1.807) is 6.07 Å². The highest BCUT2D eigenvalue weighted by Gasteiger charge is 2.36. The second-order valence-electron chi connectivity index (χ2n) is 14.8. The smallest absolute Gasteiger partial charge is 0.255 e. The molecule has 3 aromatic heterocycles. The van der Waals surface area contributed by atoms with Crippen LogP contribution in [0.2, 0.25) is 0 Å². The van der Waals surface area contributed by atoms with E-state index in [4.69, 9.17) is 0 Å². The van der Waals surface area contributed by atoms with Gasteiger partial charge in [-0.1, -0.05) is 69.5 Å². The third-order valence-corrected chi connectivity index (χ3v) is 10.9. The number of pyridine rings is 3. The second-order valence-corrected chi connectivity index (χ2v) is 14.8. The topological polar surface area (TPSA) is 38.7 Å². The first kappa shape index (κ1) is 41.3. The summed E-state index contributed by atoms with van der Waals surface area (Å²) in [6.45, 7) is 17.1. The van der Waals surface area contributed by atoms with Gasteiger partial charge in [0.15, 0.2) is 0 Å². The van der Waals surface area contributed by atoms with E-state index in [0.29, 0.717) is 16.7 Å². The Morgan fingerprint density at radius 2 is 0.754 bits per heavy atom. The van der Waals surface area contributed by atoms with E-state index in [-0.39, 0.29) is 5.69 Å². The van der Waals surface area contributed by atoms with E-state index in [9.17, 15) is 35.1 Å². The molecular weight excluding hydrogens is 745 g/mol. The summed E-state index contributed by atoms with van der Waals surface area (Å²) in [5.74, 6) is 0. The predicted octanol–water partition coefficient (Wildman–Crippen LogP) is 11.1. The van der Waals surface area contributed by atoms with Crippen molar-refractivity contribution in [3.05, 3.63) is 140 Å². The minimum atomic E-state index is -4.61. The third-order valence-electron chi connectivity index (χ3n) is 10.9. The molecule has 0 unspecified atom stereocenters. The van der Waals surface area contributed by atoms with Crippen molar-refractivity contribution >= 4 is 23.1 Å². The summed E-state index contributed by atoms with van der Waals surface area (Å²) in [4.78, 5) is 11.6. The molecule has 6 rings (SSSR count). The number of alkyl halides is 8. The Morgan fingerprint density at radius 1 is 0.439 bits per heavy atom. The molecule has 0 amide bonds. The fourth-order valence-corrected chi connectivity index (χ4v) is 8.80. The van der Waals surface area contributed by atoms with E-state index in [1.807, 2.05) is 80.5 Å². The second kappa shape index (κ2) is 15.2. The van der Waals surface area contributed by atoms with E-state index in [1.165, 1.54) is 36.8 Å². The fraction of sp³-hybridized carbons (Fsp3) is 0.267. The highest BCUT2D eigenvalue weighted by molar-refractivity contribution is 6.97. The molecule has 3 heterocycles. The van der Waals surface area contributed by atoms with Gasteiger partial charge in [-0.15, -0.1) is 0 Å². The average molecular weight is 786 g/mol. The number of nitrogens with zero attached hydrogens (tertiary/aromatic N) is 3. The van der Waals surface area contributed by atoms with Gasteiger partial charge >= 0.3 is 12.4 Å². The Labute approximate surface area is 327 Å². The Kier molecular flexibility index (Phi) is 11.0. The maximum atomic E-state index is 13.6. The zero-order valence-electron chi connectivity index (χ0n) is 32.9. The molecule has 294 valence electrons. The van der Waals surface area contributed by atoms with Gasteiger partial charge in [0.1, 0.15) is 17.1 Å². The van der Waals surface area contributed by atoms with Crippen molar-refractivity contribution in [1.82, 2.24) is 15.0 Å². The van der Waals surface area contributed by atoms with E-state index in [0.717, 1.165) is 95.3 Å². The molecule has 0 atom stereocenters. The molecule has 0 saturated heterocycles. The average Bonchev–Trinajstić information content (AvgIpc) is 3.11. The lowest BCUT2D eigenvalue weighted by Crippen LogP contribution is -2.58. The molecule has 0 aliphatic rings. The van der Waals surface area contributed by atoms with Gasteiger partial charge in [0.25, 0.3) is 6.43 Å². The molecule has 0 bridgehead atoms. The normalized spacial score (nSPS) is 12.1. The van der Waals surface area contributed by atoms with Crippen molar-refractivity contribution in [2.75, 3.05) is 0 Å². The predicted molar refractivity (Wildman–Crippen MR) is 211 cm³/mol. The highest BCUT2D eigenvalue weighted by atomic mass is 19.4. The van der Waals surface area contributed by atoms with Crippen molar-refractivity contribution in [2.24, 2.45) is 0 Å². The molecule has 0 aliphatic carbocycles. The maximum absolute atomic E-state index is 13.6. The molecule has 3 aromatic carbocycles. The van der Waals surface area contributed by atoms with Crippen LogP contribution in [0.15, 0.2) is 73.2 Å². The van der Waals surface area contributed by atoms with Crippen LogP contribution < -0.4 is 16.4 Å². The zero-order valence-corrected chi connectivity index (χ0v) is 32.9. The van der Waals surface area contributed by atoms with Gasteiger partial charge in [0.05, 0.1) is 0 Å². The molecule has 0 spiro atoms. The first-order valence-corrected chi connectivity index (χ1v) is 18.3. The Morgan fingerprint density at radius 3 is 1.00 bits per heavy atom. The lowest BCUT2D eigenvalue weighted by molar-refractivity contribution is -0.141. The summed E-state index contributed by atoms with van der Waals surface area (Å²) in [7, 11) is 0. The lowest BCUT2D eigenvalue weighted by atomic mass is 9.32. The standard InChI is InChI=1S/C45H40BF8N3/c1-22-16-25(4)40(28(7)37(22)31-10-13-34(43(47)48)55-19-31)46(41-26(5)17-23(2)38(29(41)8)32-11-14-35(56-20-32)44(49,50)51)42-27(6)18-24(3)39(30(42)9)33-12-15-36(57-21-33)45(52,53)54/h10-21,43H,1-9H3. The van der Waals surface area contributed by atoms with E-state index < -0.39 is 36.9 Å². The molecule has 6 aromatic rings. The number of aryl methyl sites for hydroxylation is 6. The number of aromatic nitrogens is 3. The van der Waals surface area contributed by atoms with Crippen LogP contribution in [0.25, 0.3) is 33.4 Å². The molecule has 0 fully saturated rings. The van der Waals surface area contributed by atoms with Crippen LogP contribution in [0.3, 0.4) is 0 Å². The zero-order chi connectivity index (χ0) is 41.9. The Hall–Kier alpha value is -5.39. The molecular formula is C45H40BF8N3. The molecule has 0 N–H and O–H groups in total. The molecule has 57 heavy (non-hydrogen) atoms. The summed E-state index contributed by atoms with van der Waals surface area (Å²) in [5, 5.41) is 0. The monoisotopic (exact) mass is 785 g/mol. The van der Waals surface area contributed by atoms with Gasteiger partial charge in [-0.25, -0.2) is 8.78 Å². The Balaban J connectivity index is 1.71. The third kappa shape index (κ3) is 7.70. The van der Waals surface area contributed by atoms with Crippen molar-refractivity contribution < 1.29 is 35.1 Å². The molecule has 12 heteroatoms. The van der Waals surface area contributed by atoms with Gasteiger partial charge in [-0.05, 0) is 131 Å². The number of hydrogen-bond donors (Lipinski definition) is 0. The van der Waals surface area contributed by atoms with E-state index >= 15 is 0 Å². The van der Waals surface area contributed by atoms with Crippen molar-refractivity contribution in [2.45, 2.75) is 81.1 Å². The van der Waals surface area contributed by atoms with E-state index in [2.05, 4.69) is 15.0 Å². The quantitative estimate of drug-likeness (QED) is 0.120. The van der Waals surface area contributed by atoms with Gasteiger partial charge in [-0.2, -0.15) is 26.3 Å². The summed E-state index contributed by atoms with van der Waals surface area (Å²) >= 11 is 0. The van der Waals surface area contributed by atoms with Crippen LogP contribution in [0.4, 0.5) is 35.1 Å². The van der Waals surface area contributed by atoms with Crippen LogP contribution in [0.1, 0.15) is 73.6 Å². The molecule has 3 nitrogen and oxygen atoms in total. The van der Waals surface area contributed by atoms with Crippen molar-refractivity contribution in [3.8, 4) is 33.4 Å². The van der Waals surface area contributed by atoms with Crippen LogP contribution in [0, 0.1) is 62.3 Å². The van der Waals surface area contributed by atoms with Gasteiger partial charge in [-0.3, -0.25) is 15.0 Å². The lowest BCUT2D eigenvalue weighted by Gasteiger charge is -2.31. The minimum absolute atomic E-state index is 0.341. The number of benzene rings is 3. The summed E-state index contributed by atoms with van der Waals surface area (Å²) < 4.78 is 109. The summed E-state index contributed by atoms with van der Waals surface area (Å²) in [5.41, 5.74) is 12.2. The summed E-state index contributed by atoms with van der Waals surface area (Å²) in [6, 6.07) is 13.8. The van der Waals surface area contributed by atoms with Crippen molar-refractivity contribution in [1.29, 1.82) is 0 Å². The maximum Gasteiger partial charge on any atom is 0.433 e. The SMILES string of the molecule is Cc1cc(C)c(-c2ccc(C(F)F)nc2)c(C)c1B(c1c(C)cc(C)c(-c2ccc(C(F)(F)F)nc2)c1C)c1c(C)cc(C)c(-c2ccc(C(F)(F)F)nc2)c1C. The molecule has 0 saturated carbocycles. The fourth-order valence-electron chi connectivity index (χ4n) is 8.80. The Bertz CT molecular complexity index is 2370. The molecule has 0 aliphatic heterocycles. The highest BCUT2D eigenvalue weighted by Crippen LogP contribution is 2.35. The van der Waals surface area contributed by atoms with Crippen LogP contribution in [-0.4, -0.2) is 21.7 Å². The van der Waals surface area contributed by atoms with Crippen molar-refractivity contribution in [3.63, 3.8) is 0 Å². The van der Waals surface area contributed by atoms with Gasteiger partial charge in [0.2, 0.25) is 6.71 Å². The van der Waals surface area contributed by atoms with Crippen LogP contribution in [0.5, 0.6) is 0 Å². The van der Waals surface area contributed by atoms with Gasteiger partial charge in [0, 0.05) is 35.3 Å². The summed E-state index contributed by atoms with van der Waals surface area (Å²) in [6.07, 6.45) is -8.04. The minimum Gasteiger partial charge on any atom is -0.255 e. The number of halogens is 8. The van der Waals surface area contributed by atoms with Crippen LogP contribution >= 0.6 is 0 Å². The molecule has 0 radical (unpaired) electrons. The van der Waals surface area contributed by atoms with Crippen LogP contribution in [-0.2, 0) is 12.4 Å². The number of hydrogen-bond acceptors (Lipinski definition) is 3. The van der Waals surface area contributed by atoms with Gasteiger partial charge < -0.3 is 0 Å². The number of rotatable bonds is 7. The first-order valence-electron chi connectivity index (χ1n) is 18.3. The largest absolute Gasteiger partial charge is 0.433 e. The first-order chi connectivity index (χ1) is 26.6.